The highest BCUT2D eigenvalue weighted by Gasteiger charge is 2.16. The highest BCUT2D eigenvalue weighted by molar-refractivity contribution is 7.89. The molecule has 16 heavy (non-hydrogen) atoms. The van der Waals surface area contributed by atoms with Crippen molar-refractivity contribution in [3.05, 3.63) is 22.2 Å². The van der Waals surface area contributed by atoms with E-state index in [4.69, 9.17) is 34.0 Å². The van der Waals surface area contributed by atoms with Crippen LogP contribution >= 0.6 is 23.2 Å². The van der Waals surface area contributed by atoms with Gasteiger partial charge in [-0.25, -0.2) is 13.1 Å². The van der Waals surface area contributed by atoms with Crippen LogP contribution in [0.2, 0.25) is 10.0 Å². The standard InChI is InChI=1S/C8H10Cl2N2O3S/c9-6-3-5(4-7(10)8(6)11)16(14,15)12-1-2-13/h3-4,12-13H,1-2,11H2. The number of sulfonamides is 1. The second-order valence-corrected chi connectivity index (χ2v) is 5.50. The van der Waals surface area contributed by atoms with Crippen molar-refractivity contribution in [2.45, 2.75) is 4.90 Å². The Morgan fingerprint density at radius 3 is 2.25 bits per heavy atom. The summed E-state index contributed by atoms with van der Waals surface area (Å²) in [5.41, 5.74) is 5.60. The normalized spacial score (nSPS) is 11.7. The fraction of sp³-hybridized carbons (Fsp3) is 0.250. The zero-order chi connectivity index (χ0) is 12.3. The third-order valence-electron chi connectivity index (χ3n) is 1.77. The Morgan fingerprint density at radius 2 is 1.81 bits per heavy atom. The first-order chi connectivity index (χ1) is 7.38. The van der Waals surface area contributed by atoms with Crippen molar-refractivity contribution in [2.24, 2.45) is 0 Å². The van der Waals surface area contributed by atoms with Gasteiger partial charge in [-0.15, -0.1) is 0 Å². The van der Waals surface area contributed by atoms with Crippen molar-refractivity contribution in [1.82, 2.24) is 4.72 Å². The minimum absolute atomic E-state index is 0.0665. The first-order valence-electron chi connectivity index (χ1n) is 4.23. The topological polar surface area (TPSA) is 92.4 Å². The minimum atomic E-state index is -3.72. The third-order valence-corrected chi connectivity index (χ3v) is 3.83. The molecule has 5 nitrogen and oxygen atoms in total. The first kappa shape index (κ1) is 13.5. The molecule has 0 fully saturated rings. The molecule has 0 saturated carbocycles. The maximum atomic E-state index is 11.6. The van der Waals surface area contributed by atoms with Gasteiger partial charge in [0.15, 0.2) is 0 Å². The van der Waals surface area contributed by atoms with Crippen LogP contribution in [0, 0.1) is 0 Å². The lowest BCUT2D eigenvalue weighted by molar-refractivity contribution is 0.301. The summed E-state index contributed by atoms with van der Waals surface area (Å²) in [5, 5.41) is 8.66. The van der Waals surface area contributed by atoms with Gasteiger partial charge in [-0.2, -0.15) is 0 Å². The lowest BCUT2D eigenvalue weighted by Gasteiger charge is -2.08. The maximum Gasteiger partial charge on any atom is 0.240 e. The van der Waals surface area contributed by atoms with Crippen molar-refractivity contribution in [3.8, 4) is 0 Å². The molecule has 0 atom stereocenters. The highest BCUT2D eigenvalue weighted by atomic mass is 35.5. The van der Waals surface area contributed by atoms with E-state index in [1.165, 1.54) is 12.1 Å². The first-order valence-corrected chi connectivity index (χ1v) is 6.47. The Balaban J connectivity index is 3.14. The van der Waals surface area contributed by atoms with E-state index < -0.39 is 10.0 Å². The average molecular weight is 285 g/mol. The Labute approximate surface area is 103 Å². The maximum absolute atomic E-state index is 11.6. The van der Waals surface area contributed by atoms with E-state index in [1.54, 1.807) is 0 Å². The van der Waals surface area contributed by atoms with Crippen molar-refractivity contribution in [3.63, 3.8) is 0 Å². The number of rotatable bonds is 4. The van der Waals surface area contributed by atoms with Crippen molar-refractivity contribution < 1.29 is 13.5 Å². The Hall–Kier alpha value is -0.530. The second-order valence-electron chi connectivity index (χ2n) is 2.92. The van der Waals surface area contributed by atoms with Crippen LogP contribution in [0.5, 0.6) is 0 Å². The van der Waals surface area contributed by atoms with E-state index in [9.17, 15) is 8.42 Å². The largest absolute Gasteiger partial charge is 0.396 e. The molecule has 1 aromatic rings. The van der Waals surface area contributed by atoms with Gasteiger partial charge in [0, 0.05) is 6.54 Å². The van der Waals surface area contributed by atoms with Gasteiger partial charge in [0.2, 0.25) is 10.0 Å². The van der Waals surface area contributed by atoms with E-state index >= 15 is 0 Å². The van der Waals surface area contributed by atoms with Gasteiger partial charge in [0.1, 0.15) is 0 Å². The molecule has 0 heterocycles. The van der Waals surface area contributed by atoms with Crippen molar-refractivity contribution >= 4 is 38.9 Å². The summed E-state index contributed by atoms with van der Waals surface area (Å²) in [4.78, 5) is -0.0925. The number of anilines is 1. The summed E-state index contributed by atoms with van der Waals surface area (Å²) in [7, 11) is -3.72. The van der Waals surface area contributed by atoms with Gasteiger partial charge in [-0.05, 0) is 12.1 Å². The molecule has 0 bridgehead atoms. The molecular weight excluding hydrogens is 275 g/mol. The van der Waals surface area contributed by atoms with Gasteiger partial charge in [0.05, 0.1) is 27.2 Å². The molecule has 1 aromatic carbocycles. The SMILES string of the molecule is Nc1c(Cl)cc(S(=O)(=O)NCCO)cc1Cl. The van der Waals surface area contributed by atoms with Crippen molar-refractivity contribution in [2.75, 3.05) is 18.9 Å². The number of nitrogens with one attached hydrogen (secondary N) is 1. The molecule has 4 N–H and O–H groups in total. The fourth-order valence-corrected chi connectivity index (χ4v) is 2.67. The van der Waals surface area contributed by atoms with Crippen LogP contribution in [0.15, 0.2) is 17.0 Å². The number of aliphatic hydroxyl groups is 1. The Morgan fingerprint density at radius 1 is 1.31 bits per heavy atom. The summed E-state index contributed by atoms with van der Waals surface area (Å²) in [5.74, 6) is 0. The van der Waals surface area contributed by atoms with Crippen LogP contribution in [0.25, 0.3) is 0 Å². The van der Waals surface area contributed by atoms with E-state index in [0.29, 0.717) is 0 Å². The van der Waals surface area contributed by atoms with E-state index in [-0.39, 0.29) is 33.8 Å². The van der Waals surface area contributed by atoms with Crippen molar-refractivity contribution in [1.29, 1.82) is 0 Å². The molecule has 0 aliphatic rings. The number of nitrogen functional groups attached to an aromatic ring is 1. The third kappa shape index (κ3) is 2.99. The number of hydrogen-bond acceptors (Lipinski definition) is 4. The van der Waals surface area contributed by atoms with E-state index in [1.807, 2.05) is 0 Å². The predicted molar refractivity (Wildman–Crippen MR) is 63.1 cm³/mol. The summed E-state index contributed by atoms with van der Waals surface area (Å²) in [6.07, 6.45) is 0. The summed E-state index contributed by atoms with van der Waals surface area (Å²) >= 11 is 11.4. The molecule has 0 aliphatic heterocycles. The van der Waals surface area contributed by atoms with Gasteiger partial charge in [-0.3, -0.25) is 0 Å². The predicted octanol–water partition coefficient (Wildman–Crippen LogP) is 0.846. The smallest absolute Gasteiger partial charge is 0.240 e. The van der Waals surface area contributed by atoms with E-state index in [0.717, 1.165) is 0 Å². The minimum Gasteiger partial charge on any atom is -0.396 e. The molecule has 0 amide bonds. The number of benzene rings is 1. The van der Waals surface area contributed by atoms with E-state index in [2.05, 4.69) is 4.72 Å². The molecule has 0 radical (unpaired) electrons. The van der Waals surface area contributed by atoms with Crippen LogP contribution in [-0.2, 0) is 10.0 Å². The molecule has 90 valence electrons. The molecule has 0 spiro atoms. The van der Waals surface area contributed by atoms with Crippen LogP contribution in [-0.4, -0.2) is 26.7 Å². The number of aliphatic hydroxyl groups excluding tert-OH is 1. The molecule has 1 rings (SSSR count). The molecule has 0 aromatic heterocycles. The zero-order valence-corrected chi connectivity index (χ0v) is 10.4. The lowest BCUT2D eigenvalue weighted by Crippen LogP contribution is -2.26. The quantitative estimate of drug-likeness (QED) is 0.715. The fourth-order valence-electron chi connectivity index (χ4n) is 0.980. The summed E-state index contributed by atoms with van der Waals surface area (Å²) in [6, 6.07) is 2.39. The second kappa shape index (κ2) is 5.20. The number of halogens is 2. The number of hydrogen-bond donors (Lipinski definition) is 3. The monoisotopic (exact) mass is 284 g/mol. The average Bonchev–Trinajstić information content (AvgIpc) is 2.22. The van der Waals surface area contributed by atoms with Gasteiger partial charge in [-0.1, -0.05) is 23.2 Å². The Kier molecular flexibility index (Phi) is 4.40. The zero-order valence-electron chi connectivity index (χ0n) is 8.07. The molecule has 0 aliphatic carbocycles. The van der Waals surface area contributed by atoms with Crippen LogP contribution in [0.4, 0.5) is 5.69 Å². The van der Waals surface area contributed by atoms with Crippen LogP contribution in [0.1, 0.15) is 0 Å². The Bertz CT molecular complexity index is 467. The molecule has 8 heteroatoms. The molecular formula is C8H10Cl2N2O3S. The number of nitrogens with two attached hydrogens (primary N) is 1. The van der Waals surface area contributed by atoms with Crippen LogP contribution < -0.4 is 10.5 Å². The van der Waals surface area contributed by atoms with Gasteiger partial charge in [0.25, 0.3) is 0 Å². The van der Waals surface area contributed by atoms with Gasteiger partial charge >= 0.3 is 0 Å². The summed E-state index contributed by atoms with van der Waals surface area (Å²) in [6.45, 7) is -0.377. The summed E-state index contributed by atoms with van der Waals surface area (Å²) < 4.78 is 25.4. The van der Waals surface area contributed by atoms with Gasteiger partial charge < -0.3 is 10.8 Å². The van der Waals surface area contributed by atoms with Crippen LogP contribution in [0.3, 0.4) is 0 Å². The molecule has 0 saturated heterocycles. The highest BCUT2D eigenvalue weighted by Crippen LogP contribution is 2.30. The lowest BCUT2D eigenvalue weighted by atomic mass is 10.3. The molecule has 0 unspecified atom stereocenters.